The molecule has 0 bridgehead atoms. The molecule has 1 heterocycles. The zero-order valence-corrected chi connectivity index (χ0v) is 12.3. The van der Waals surface area contributed by atoms with Gasteiger partial charge in [-0.25, -0.2) is 13.6 Å². The van der Waals surface area contributed by atoms with Crippen LogP contribution in [0.4, 0.5) is 19.3 Å². The normalized spacial score (nSPS) is 18.0. The van der Waals surface area contributed by atoms with Crippen molar-refractivity contribution in [2.45, 2.75) is 19.8 Å². The van der Waals surface area contributed by atoms with E-state index in [9.17, 15) is 18.4 Å². The Balaban J connectivity index is 1.96. The third-order valence-electron chi connectivity index (χ3n) is 3.50. The lowest BCUT2D eigenvalue weighted by atomic mass is 9.98. The molecule has 1 aliphatic rings. The van der Waals surface area contributed by atoms with Crippen LogP contribution in [0.15, 0.2) is 18.2 Å². The van der Waals surface area contributed by atoms with E-state index in [1.54, 1.807) is 6.92 Å². The highest BCUT2D eigenvalue weighted by atomic mass is 19.2. The Kier molecular flexibility index (Phi) is 5.30. The van der Waals surface area contributed by atoms with E-state index in [0.29, 0.717) is 26.0 Å². The Morgan fingerprint density at radius 2 is 2.14 bits per heavy atom. The molecule has 1 N–H and O–H groups in total. The second-order valence-corrected chi connectivity index (χ2v) is 5.10. The number of amides is 2. The smallest absolute Gasteiger partial charge is 0.321 e. The number of nitrogens with zero attached hydrogens (tertiary/aromatic N) is 1. The van der Waals surface area contributed by atoms with Gasteiger partial charge in [-0.15, -0.1) is 0 Å². The topological polar surface area (TPSA) is 58.6 Å². The molecule has 1 fully saturated rings. The van der Waals surface area contributed by atoms with Crippen molar-refractivity contribution in [3.63, 3.8) is 0 Å². The molecular formula is C15H18F2N2O3. The maximum atomic E-state index is 13.1. The number of likely N-dealkylation sites (tertiary alicyclic amines) is 1. The molecule has 0 saturated carbocycles. The van der Waals surface area contributed by atoms with Crippen LogP contribution in [0.25, 0.3) is 0 Å². The molecule has 1 atom stereocenters. The van der Waals surface area contributed by atoms with Crippen LogP contribution < -0.4 is 5.32 Å². The molecule has 0 radical (unpaired) electrons. The predicted octanol–water partition coefficient (Wildman–Crippen LogP) is 2.77. The van der Waals surface area contributed by atoms with Gasteiger partial charge in [0.1, 0.15) is 0 Å². The fourth-order valence-electron chi connectivity index (χ4n) is 2.39. The van der Waals surface area contributed by atoms with Gasteiger partial charge in [0.2, 0.25) is 0 Å². The molecule has 0 spiro atoms. The molecule has 2 rings (SSSR count). The van der Waals surface area contributed by atoms with Crippen LogP contribution >= 0.6 is 0 Å². The lowest BCUT2D eigenvalue weighted by molar-refractivity contribution is -0.149. The first kappa shape index (κ1) is 16.2. The van der Waals surface area contributed by atoms with Gasteiger partial charge in [0.05, 0.1) is 12.5 Å². The number of hydrogen-bond donors (Lipinski definition) is 1. The molecule has 7 heteroatoms. The summed E-state index contributed by atoms with van der Waals surface area (Å²) in [5.41, 5.74) is 0.169. The fraction of sp³-hybridized carbons (Fsp3) is 0.467. The molecular weight excluding hydrogens is 294 g/mol. The van der Waals surface area contributed by atoms with Crippen LogP contribution in [-0.4, -0.2) is 36.6 Å². The number of urea groups is 1. The summed E-state index contributed by atoms with van der Waals surface area (Å²) in [7, 11) is 0. The summed E-state index contributed by atoms with van der Waals surface area (Å²) in [6.07, 6.45) is 1.36. The lowest BCUT2D eigenvalue weighted by Gasteiger charge is -2.31. The van der Waals surface area contributed by atoms with Crippen LogP contribution in [0.3, 0.4) is 0 Å². The number of piperidine rings is 1. The maximum Gasteiger partial charge on any atom is 0.321 e. The van der Waals surface area contributed by atoms with Crippen molar-refractivity contribution in [1.82, 2.24) is 4.90 Å². The van der Waals surface area contributed by atoms with Gasteiger partial charge < -0.3 is 15.0 Å². The second-order valence-electron chi connectivity index (χ2n) is 5.10. The molecule has 1 aromatic rings. The van der Waals surface area contributed by atoms with Gasteiger partial charge in [0.15, 0.2) is 11.6 Å². The standard InChI is InChI=1S/C15H18F2N2O3/c1-2-22-14(20)10-4-3-7-19(9-10)15(21)18-11-5-6-12(16)13(17)8-11/h5-6,8,10H,2-4,7,9H2,1H3,(H,18,21)/t10-/m1/s1. The monoisotopic (exact) mass is 312 g/mol. The van der Waals surface area contributed by atoms with Gasteiger partial charge in [0, 0.05) is 24.8 Å². The summed E-state index contributed by atoms with van der Waals surface area (Å²) in [6.45, 7) is 2.80. The highest BCUT2D eigenvalue weighted by molar-refractivity contribution is 5.89. The molecule has 5 nitrogen and oxygen atoms in total. The molecule has 1 aliphatic heterocycles. The van der Waals surface area contributed by atoms with E-state index >= 15 is 0 Å². The van der Waals surface area contributed by atoms with Gasteiger partial charge in [-0.2, -0.15) is 0 Å². The Morgan fingerprint density at radius 1 is 1.36 bits per heavy atom. The number of halogens is 2. The van der Waals surface area contributed by atoms with E-state index in [4.69, 9.17) is 4.74 Å². The van der Waals surface area contributed by atoms with Crippen molar-refractivity contribution in [2.75, 3.05) is 25.0 Å². The number of carbonyl (C=O) groups is 2. The minimum atomic E-state index is -1.03. The van der Waals surface area contributed by atoms with E-state index < -0.39 is 17.7 Å². The van der Waals surface area contributed by atoms with Crippen LogP contribution in [0.1, 0.15) is 19.8 Å². The molecule has 2 amide bonds. The average molecular weight is 312 g/mol. The number of carbonyl (C=O) groups excluding carboxylic acids is 2. The minimum Gasteiger partial charge on any atom is -0.466 e. The first-order valence-electron chi connectivity index (χ1n) is 7.19. The van der Waals surface area contributed by atoms with Crippen LogP contribution in [-0.2, 0) is 9.53 Å². The van der Waals surface area contributed by atoms with Gasteiger partial charge >= 0.3 is 12.0 Å². The fourth-order valence-corrected chi connectivity index (χ4v) is 2.39. The molecule has 1 aromatic carbocycles. The molecule has 0 aromatic heterocycles. The zero-order valence-electron chi connectivity index (χ0n) is 12.3. The predicted molar refractivity (Wildman–Crippen MR) is 76.3 cm³/mol. The number of nitrogens with one attached hydrogen (secondary N) is 1. The van der Waals surface area contributed by atoms with Gasteiger partial charge in [-0.1, -0.05) is 0 Å². The van der Waals surface area contributed by atoms with Crippen molar-refractivity contribution in [3.05, 3.63) is 29.8 Å². The first-order valence-corrected chi connectivity index (χ1v) is 7.19. The van der Waals surface area contributed by atoms with E-state index in [-0.39, 0.29) is 24.1 Å². The third-order valence-corrected chi connectivity index (χ3v) is 3.50. The zero-order chi connectivity index (χ0) is 16.1. The number of benzene rings is 1. The number of ether oxygens (including phenoxy) is 1. The van der Waals surface area contributed by atoms with Crippen molar-refractivity contribution >= 4 is 17.7 Å². The maximum absolute atomic E-state index is 13.1. The van der Waals surface area contributed by atoms with E-state index in [1.165, 1.54) is 11.0 Å². The van der Waals surface area contributed by atoms with Crippen molar-refractivity contribution in [3.8, 4) is 0 Å². The Morgan fingerprint density at radius 3 is 2.82 bits per heavy atom. The largest absolute Gasteiger partial charge is 0.466 e. The van der Waals surface area contributed by atoms with Crippen LogP contribution in [0.5, 0.6) is 0 Å². The lowest BCUT2D eigenvalue weighted by Crippen LogP contribution is -2.44. The summed E-state index contributed by atoms with van der Waals surface area (Å²) in [5.74, 6) is -2.66. The first-order chi connectivity index (χ1) is 10.5. The summed E-state index contributed by atoms with van der Waals surface area (Å²) >= 11 is 0. The SMILES string of the molecule is CCOC(=O)[C@@H]1CCCN(C(=O)Nc2ccc(F)c(F)c2)C1. The summed E-state index contributed by atoms with van der Waals surface area (Å²) in [6, 6.07) is 2.70. The molecule has 120 valence electrons. The number of hydrogen-bond acceptors (Lipinski definition) is 3. The highest BCUT2D eigenvalue weighted by Gasteiger charge is 2.29. The van der Waals surface area contributed by atoms with Crippen molar-refractivity contribution in [1.29, 1.82) is 0 Å². The van der Waals surface area contributed by atoms with Gasteiger partial charge in [0.25, 0.3) is 0 Å². The highest BCUT2D eigenvalue weighted by Crippen LogP contribution is 2.20. The van der Waals surface area contributed by atoms with Crippen molar-refractivity contribution < 1.29 is 23.1 Å². The summed E-state index contributed by atoms with van der Waals surface area (Å²) in [5, 5.41) is 2.50. The second kappa shape index (κ2) is 7.20. The van der Waals surface area contributed by atoms with E-state index in [2.05, 4.69) is 5.32 Å². The molecule has 0 unspecified atom stereocenters. The molecule has 0 aliphatic carbocycles. The van der Waals surface area contributed by atoms with Crippen LogP contribution in [0, 0.1) is 17.6 Å². The summed E-state index contributed by atoms with van der Waals surface area (Å²) < 4.78 is 30.9. The molecule has 22 heavy (non-hydrogen) atoms. The van der Waals surface area contributed by atoms with E-state index in [0.717, 1.165) is 12.1 Å². The Labute approximate surface area is 127 Å². The quantitative estimate of drug-likeness (QED) is 0.873. The number of rotatable bonds is 3. The number of anilines is 1. The number of esters is 1. The van der Waals surface area contributed by atoms with Crippen LogP contribution in [0.2, 0.25) is 0 Å². The minimum absolute atomic E-state index is 0.169. The van der Waals surface area contributed by atoms with Crippen molar-refractivity contribution in [2.24, 2.45) is 5.92 Å². The average Bonchev–Trinajstić information content (AvgIpc) is 2.51. The van der Waals surface area contributed by atoms with E-state index in [1.807, 2.05) is 0 Å². The Bertz CT molecular complexity index is 566. The summed E-state index contributed by atoms with van der Waals surface area (Å²) in [4.78, 5) is 25.3. The molecule has 1 saturated heterocycles. The van der Waals surface area contributed by atoms with Gasteiger partial charge in [-0.05, 0) is 31.9 Å². The van der Waals surface area contributed by atoms with Gasteiger partial charge in [-0.3, -0.25) is 4.79 Å². The third kappa shape index (κ3) is 3.93. The Hall–Kier alpha value is -2.18.